The van der Waals surface area contributed by atoms with E-state index in [-0.39, 0.29) is 6.09 Å². The second-order valence-electron chi connectivity index (χ2n) is 8.76. The summed E-state index contributed by atoms with van der Waals surface area (Å²) in [7, 11) is -0.514. The molecule has 1 aromatic rings. The Kier molecular flexibility index (Phi) is 4.19. The standard InChI is InChI=1S/C17H28BN3O4/c1-15(2,3)23-14(22)21-10-8-9-11-12(19-20-13(11)21)18-24-16(4,5)17(6,7)25-18/h8-10H2,1-7H3,(H,19,20). The zero-order valence-electron chi connectivity index (χ0n) is 16.2. The number of fused-ring (bicyclic) bond motifs is 1. The van der Waals surface area contributed by atoms with Crippen molar-refractivity contribution in [1.29, 1.82) is 0 Å². The van der Waals surface area contributed by atoms with Gasteiger partial charge in [0, 0.05) is 12.1 Å². The zero-order valence-corrected chi connectivity index (χ0v) is 16.2. The highest BCUT2D eigenvalue weighted by atomic mass is 16.7. The van der Waals surface area contributed by atoms with Crippen LogP contribution < -0.4 is 10.5 Å². The van der Waals surface area contributed by atoms with E-state index in [1.165, 1.54) is 0 Å². The second-order valence-corrected chi connectivity index (χ2v) is 8.76. The van der Waals surface area contributed by atoms with Crippen LogP contribution in [0.3, 0.4) is 0 Å². The van der Waals surface area contributed by atoms with Gasteiger partial charge in [-0.25, -0.2) is 4.79 Å². The molecule has 0 aliphatic carbocycles. The molecular weight excluding hydrogens is 321 g/mol. The number of aromatic nitrogens is 2. The number of H-pyrrole nitrogens is 1. The van der Waals surface area contributed by atoms with Crippen molar-refractivity contribution in [3.05, 3.63) is 5.56 Å². The Balaban J connectivity index is 1.87. The Morgan fingerprint density at radius 3 is 2.40 bits per heavy atom. The topological polar surface area (TPSA) is 76.7 Å². The van der Waals surface area contributed by atoms with Crippen LogP contribution in [-0.2, 0) is 20.5 Å². The van der Waals surface area contributed by atoms with E-state index in [1.807, 2.05) is 48.5 Å². The van der Waals surface area contributed by atoms with Gasteiger partial charge < -0.3 is 14.0 Å². The van der Waals surface area contributed by atoms with Gasteiger partial charge in [-0.2, -0.15) is 5.10 Å². The third-order valence-corrected chi connectivity index (χ3v) is 5.04. The maximum atomic E-state index is 12.5. The Labute approximate surface area is 149 Å². The number of carbonyl (C=O) groups is 1. The number of carbonyl (C=O) groups excluding carboxylic acids is 1. The lowest BCUT2D eigenvalue weighted by Crippen LogP contribution is -2.42. The van der Waals surface area contributed by atoms with Crippen LogP contribution in [-0.4, -0.2) is 46.8 Å². The van der Waals surface area contributed by atoms with Crippen molar-refractivity contribution in [3.63, 3.8) is 0 Å². The summed E-state index contributed by atoms with van der Waals surface area (Å²) in [6.07, 6.45) is 1.29. The van der Waals surface area contributed by atoms with Crippen molar-refractivity contribution >= 4 is 24.6 Å². The minimum atomic E-state index is -0.542. The molecule has 1 saturated heterocycles. The lowest BCUT2D eigenvalue weighted by Gasteiger charge is -2.32. The molecular formula is C17H28BN3O4. The average Bonchev–Trinajstić information content (AvgIpc) is 2.95. The number of nitrogens with zero attached hydrogens (tertiary/aromatic N) is 2. The number of aromatic amines is 1. The molecule has 7 nitrogen and oxygen atoms in total. The van der Waals surface area contributed by atoms with E-state index in [2.05, 4.69) is 10.2 Å². The van der Waals surface area contributed by atoms with Crippen LogP contribution in [0.2, 0.25) is 0 Å². The maximum Gasteiger partial charge on any atom is 0.514 e. The summed E-state index contributed by atoms with van der Waals surface area (Å²) in [4.78, 5) is 14.1. The fraction of sp³-hybridized carbons (Fsp3) is 0.765. The highest BCUT2D eigenvalue weighted by Gasteiger charge is 2.53. The van der Waals surface area contributed by atoms with Gasteiger partial charge in [0.2, 0.25) is 0 Å². The average molecular weight is 349 g/mol. The van der Waals surface area contributed by atoms with Crippen LogP contribution in [0, 0.1) is 0 Å². The first-order valence-corrected chi connectivity index (χ1v) is 8.84. The number of rotatable bonds is 1. The predicted octanol–water partition coefficient (Wildman–Crippen LogP) is 2.40. The van der Waals surface area contributed by atoms with Crippen LogP contribution in [0.1, 0.15) is 60.5 Å². The van der Waals surface area contributed by atoms with Crippen molar-refractivity contribution in [2.45, 2.75) is 78.1 Å². The van der Waals surface area contributed by atoms with Crippen LogP contribution in [0.15, 0.2) is 0 Å². The molecule has 1 N–H and O–H groups in total. The molecule has 138 valence electrons. The molecule has 3 heterocycles. The summed E-state index contributed by atoms with van der Waals surface area (Å²) in [5.41, 5.74) is 0.377. The number of anilines is 1. The molecule has 0 unspecified atom stereocenters. The van der Waals surface area contributed by atoms with Crippen molar-refractivity contribution in [2.75, 3.05) is 11.4 Å². The molecule has 1 amide bonds. The largest absolute Gasteiger partial charge is 0.514 e. The van der Waals surface area contributed by atoms with Gasteiger partial charge in [-0.05, 0) is 61.3 Å². The molecule has 0 spiro atoms. The van der Waals surface area contributed by atoms with Gasteiger partial charge in [0.05, 0.1) is 16.8 Å². The molecule has 3 rings (SSSR count). The highest BCUT2D eigenvalue weighted by molar-refractivity contribution is 6.61. The van der Waals surface area contributed by atoms with E-state index in [9.17, 15) is 4.79 Å². The Morgan fingerprint density at radius 2 is 1.84 bits per heavy atom. The Morgan fingerprint density at radius 1 is 1.24 bits per heavy atom. The van der Waals surface area contributed by atoms with Crippen molar-refractivity contribution in [3.8, 4) is 0 Å². The summed E-state index contributed by atoms with van der Waals surface area (Å²) >= 11 is 0. The lowest BCUT2D eigenvalue weighted by molar-refractivity contribution is 0.00578. The van der Waals surface area contributed by atoms with Gasteiger partial charge in [0.25, 0.3) is 0 Å². The molecule has 0 saturated carbocycles. The van der Waals surface area contributed by atoms with E-state index >= 15 is 0 Å². The maximum absolute atomic E-state index is 12.5. The molecule has 2 aliphatic heterocycles. The fourth-order valence-corrected chi connectivity index (χ4v) is 3.01. The van der Waals surface area contributed by atoms with Gasteiger partial charge in [-0.15, -0.1) is 0 Å². The summed E-state index contributed by atoms with van der Waals surface area (Å²) in [6.45, 7) is 14.2. The Bertz CT molecular complexity index is 662. The zero-order chi connectivity index (χ0) is 18.6. The van der Waals surface area contributed by atoms with E-state index in [1.54, 1.807) is 4.90 Å². The predicted molar refractivity (Wildman–Crippen MR) is 96.2 cm³/mol. The van der Waals surface area contributed by atoms with E-state index in [0.717, 1.165) is 24.0 Å². The van der Waals surface area contributed by atoms with Gasteiger partial charge in [0.1, 0.15) is 5.60 Å². The first-order valence-electron chi connectivity index (χ1n) is 8.84. The minimum Gasteiger partial charge on any atom is -0.443 e. The molecule has 8 heteroatoms. The summed E-state index contributed by atoms with van der Waals surface area (Å²) in [5, 5.41) is 7.40. The van der Waals surface area contributed by atoms with Crippen LogP contribution in [0.5, 0.6) is 0 Å². The summed E-state index contributed by atoms with van der Waals surface area (Å²) < 4.78 is 17.8. The van der Waals surface area contributed by atoms with Crippen molar-refractivity contribution in [1.82, 2.24) is 10.2 Å². The van der Waals surface area contributed by atoms with Crippen LogP contribution in [0.4, 0.5) is 10.6 Å². The quantitative estimate of drug-likeness (QED) is 0.788. The highest BCUT2D eigenvalue weighted by Crippen LogP contribution is 2.37. The van der Waals surface area contributed by atoms with E-state index in [4.69, 9.17) is 14.0 Å². The van der Waals surface area contributed by atoms with Gasteiger partial charge in [-0.3, -0.25) is 10.00 Å². The number of hydrogen-bond acceptors (Lipinski definition) is 5. The van der Waals surface area contributed by atoms with E-state index < -0.39 is 23.9 Å². The smallest absolute Gasteiger partial charge is 0.443 e. The summed E-state index contributed by atoms with van der Waals surface area (Å²) in [6, 6.07) is 0. The lowest BCUT2D eigenvalue weighted by atomic mass is 9.80. The second kappa shape index (κ2) is 5.74. The summed E-state index contributed by atoms with van der Waals surface area (Å²) in [5.74, 6) is 0.616. The fourth-order valence-electron chi connectivity index (χ4n) is 3.01. The molecule has 25 heavy (non-hydrogen) atoms. The SMILES string of the molecule is CC(C)(C)OC(=O)N1CCCc2c1n[nH]c2B1OC(C)(C)C(C)(C)O1. The van der Waals surface area contributed by atoms with E-state index in [0.29, 0.717) is 12.4 Å². The number of amides is 1. The number of ether oxygens (including phenoxy) is 1. The van der Waals surface area contributed by atoms with Gasteiger partial charge in [0.15, 0.2) is 5.82 Å². The molecule has 0 bridgehead atoms. The van der Waals surface area contributed by atoms with Gasteiger partial charge >= 0.3 is 13.2 Å². The molecule has 2 aliphatic rings. The molecule has 1 aromatic heterocycles. The Hall–Kier alpha value is -1.54. The molecule has 0 radical (unpaired) electrons. The van der Waals surface area contributed by atoms with Crippen molar-refractivity contribution in [2.24, 2.45) is 0 Å². The molecule has 0 atom stereocenters. The minimum absolute atomic E-state index is 0.375. The van der Waals surface area contributed by atoms with Crippen LogP contribution >= 0.6 is 0 Å². The van der Waals surface area contributed by atoms with Crippen LogP contribution in [0.25, 0.3) is 0 Å². The number of nitrogens with one attached hydrogen (secondary N) is 1. The third kappa shape index (κ3) is 3.29. The van der Waals surface area contributed by atoms with Crippen molar-refractivity contribution < 1.29 is 18.8 Å². The van der Waals surface area contributed by atoms with Gasteiger partial charge in [-0.1, -0.05) is 0 Å². The molecule has 0 aromatic carbocycles. The first-order chi connectivity index (χ1) is 11.4. The first kappa shape index (κ1) is 18.3. The monoisotopic (exact) mass is 349 g/mol. The third-order valence-electron chi connectivity index (χ3n) is 5.04. The number of hydrogen-bond donors (Lipinski definition) is 1. The molecule has 1 fully saturated rings. The normalized spacial score (nSPS) is 22.0.